The first-order valence-corrected chi connectivity index (χ1v) is 7.75. The molecule has 6 heteroatoms. The number of aromatic nitrogens is 1. The second-order valence-corrected chi connectivity index (χ2v) is 6.27. The van der Waals surface area contributed by atoms with E-state index in [0.29, 0.717) is 18.8 Å². The van der Waals surface area contributed by atoms with Gasteiger partial charge < -0.3 is 4.74 Å². The summed E-state index contributed by atoms with van der Waals surface area (Å²) >= 11 is 0. The molecule has 1 atom stereocenters. The first-order valence-electron chi connectivity index (χ1n) is 6.31. The minimum absolute atomic E-state index is 0.135. The maximum atomic E-state index is 12.6. The molecule has 0 amide bonds. The van der Waals surface area contributed by atoms with Crippen molar-refractivity contribution < 1.29 is 13.2 Å². The molecule has 1 aliphatic heterocycles. The molecule has 1 aromatic rings. The number of nitrogens with zero attached hydrogens (tertiary/aromatic N) is 2. The highest BCUT2D eigenvalue weighted by Gasteiger charge is 2.33. The van der Waals surface area contributed by atoms with E-state index in [1.165, 1.54) is 10.5 Å². The molecule has 0 saturated carbocycles. The van der Waals surface area contributed by atoms with Crippen LogP contribution in [0, 0.1) is 0 Å². The fourth-order valence-corrected chi connectivity index (χ4v) is 3.43. The van der Waals surface area contributed by atoms with Crippen LogP contribution in [0.3, 0.4) is 0 Å². The largest absolute Gasteiger partial charge is 0.488 e. The summed E-state index contributed by atoms with van der Waals surface area (Å²) in [6.45, 7) is 4.57. The zero-order chi connectivity index (χ0) is 13.9. The van der Waals surface area contributed by atoms with Crippen LogP contribution < -0.4 is 4.74 Å². The van der Waals surface area contributed by atoms with Crippen molar-refractivity contribution in [1.29, 1.82) is 0 Å². The second kappa shape index (κ2) is 5.71. The number of allylic oxidation sites excluding steroid dienone is 1. The minimum Gasteiger partial charge on any atom is -0.488 e. The topological polar surface area (TPSA) is 59.5 Å². The van der Waals surface area contributed by atoms with Crippen LogP contribution in [0.4, 0.5) is 0 Å². The lowest BCUT2D eigenvalue weighted by atomic mass is 10.2. The quantitative estimate of drug-likeness (QED) is 0.793. The Morgan fingerprint density at radius 3 is 3.05 bits per heavy atom. The highest BCUT2D eigenvalue weighted by atomic mass is 32.2. The summed E-state index contributed by atoms with van der Waals surface area (Å²) in [5, 5.41) is 0. The Bertz CT molecular complexity index is 569. The molecule has 5 nitrogen and oxygen atoms in total. The van der Waals surface area contributed by atoms with Gasteiger partial charge in [0, 0.05) is 12.7 Å². The number of sulfonamides is 1. The summed E-state index contributed by atoms with van der Waals surface area (Å²) in [6, 6.07) is 1.61. The van der Waals surface area contributed by atoms with Gasteiger partial charge in [-0.1, -0.05) is 19.1 Å². The third-order valence-electron chi connectivity index (χ3n) is 3.07. The van der Waals surface area contributed by atoms with E-state index in [2.05, 4.69) is 4.98 Å². The second-order valence-electron chi connectivity index (χ2n) is 4.36. The number of ether oxygens (including phenoxy) is 1. The molecule has 1 aromatic heterocycles. The van der Waals surface area contributed by atoms with E-state index >= 15 is 0 Å². The summed E-state index contributed by atoms with van der Waals surface area (Å²) in [4.78, 5) is 4.05. The molecule has 0 N–H and O–H groups in total. The number of hydrogen-bond acceptors (Lipinski definition) is 4. The van der Waals surface area contributed by atoms with Gasteiger partial charge in [0.15, 0.2) is 0 Å². The van der Waals surface area contributed by atoms with Crippen molar-refractivity contribution >= 4 is 10.0 Å². The lowest BCUT2D eigenvalue weighted by molar-refractivity contribution is 0.173. The van der Waals surface area contributed by atoms with Gasteiger partial charge in [-0.05, 0) is 19.4 Å². The Labute approximate surface area is 114 Å². The molecule has 0 fully saturated rings. The van der Waals surface area contributed by atoms with E-state index in [9.17, 15) is 8.42 Å². The van der Waals surface area contributed by atoms with Gasteiger partial charge in [-0.25, -0.2) is 8.42 Å². The Balaban J connectivity index is 2.47. The summed E-state index contributed by atoms with van der Waals surface area (Å²) in [5.74, 6) is 0.393. The average molecular weight is 282 g/mol. The predicted octanol–water partition coefficient (Wildman–Crippen LogP) is 1.82. The Kier molecular flexibility index (Phi) is 4.21. The molecule has 0 saturated heterocycles. The zero-order valence-electron chi connectivity index (χ0n) is 11.1. The molecule has 0 aliphatic carbocycles. The fraction of sp³-hybridized carbons (Fsp3) is 0.462. The van der Waals surface area contributed by atoms with Crippen molar-refractivity contribution in [3.8, 4) is 5.75 Å². The van der Waals surface area contributed by atoms with Crippen molar-refractivity contribution in [3.05, 3.63) is 30.6 Å². The van der Waals surface area contributed by atoms with Crippen molar-refractivity contribution in [2.24, 2.45) is 0 Å². The van der Waals surface area contributed by atoms with Gasteiger partial charge in [0.1, 0.15) is 16.7 Å². The van der Waals surface area contributed by atoms with Gasteiger partial charge in [0.05, 0.1) is 12.7 Å². The van der Waals surface area contributed by atoms with Crippen LogP contribution >= 0.6 is 0 Å². The molecule has 0 aromatic carbocycles. The van der Waals surface area contributed by atoms with Crippen molar-refractivity contribution in [1.82, 2.24) is 9.29 Å². The highest BCUT2D eigenvalue weighted by Crippen LogP contribution is 2.30. The minimum atomic E-state index is -3.54. The summed E-state index contributed by atoms with van der Waals surface area (Å²) in [5.41, 5.74) is 0. The molecular formula is C13H18N2O3S. The van der Waals surface area contributed by atoms with Crippen molar-refractivity contribution in [2.75, 3.05) is 13.1 Å². The van der Waals surface area contributed by atoms with Crippen LogP contribution in [-0.2, 0) is 10.0 Å². The van der Waals surface area contributed by atoms with E-state index in [1.807, 2.05) is 26.0 Å². The molecule has 19 heavy (non-hydrogen) atoms. The van der Waals surface area contributed by atoms with Crippen LogP contribution in [-0.4, -0.2) is 36.9 Å². The lowest BCUT2D eigenvalue weighted by Gasteiger charge is -2.20. The number of rotatable bonds is 3. The average Bonchev–Trinajstić information content (AvgIpc) is 2.52. The number of pyridine rings is 1. The van der Waals surface area contributed by atoms with E-state index in [1.54, 1.807) is 12.3 Å². The number of hydrogen-bond donors (Lipinski definition) is 0. The zero-order valence-corrected chi connectivity index (χ0v) is 11.9. The van der Waals surface area contributed by atoms with E-state index in [-0.39, 0.29) is 11.0 Å². The monoisotopic (exact) mass is 282 g/mol. The first kappa shape index (κ1) is 14.0. The van der Waals surface area contributed by atoms with E-state index in [4.69, 9.17) is 4.74 Å². The molecule has 0 radical (unpaired) electrons. The van der Waals surface area contributed by atoms with Crippen LogP contribution in [0.5, 0.6) is 5.75 Å². The fourth-order valence-electron chi connectivity index (χ4n) is 1.95. The van der Waals surface area contributed by atoms with E-state index < -0.39 is 10.0 Å². The molecule has 2 heterocycles. The van der Waals surface area contributed by atoms with Gasteiger partial charge in [-0.15, -0.1) is 0 Å². The third-order valence-corrected chi connectivity index (χ3v) is 4.91. The lowest BCUT2D eigenvalue weighted by Crippen LogP contribution is -2.37. The Morgan fingerprint density at radius 1 is 1.58 bits per heavy atom. The van der Waals surface area contributed by atoms with Gasteiger partial charge >= 0.3 is 0 Å². The van der Waals surface area contributed by atoms with Crippen LogP contribution in [0.1, 0.15) is 20.3 Å². The molecular weight excluding hydrogens is 264 g/mol. The standard InChI is InChI=1S/C13H18N2O3S/c1-3-5-8-15-10-11(4-2)18-12-6-7-14-9-13(12)19(15,16)17/h3,5-7,9,11H,4,8,10H2,1-2H3/b5-3+/t11-/m1/s1. The van der Waals surface area contributed by atoms with Crippen LogP contribution in [0.25, 0.3) is 0 Å². The summed E-state index contributed by atoms with van der Waals surface area (Å²) in [7, 11) is -3.54. The van der Waals surface area contributed by atoms with Crippen molar-refractivity contribution in [2.45, 2.75) is 31.3 Å². The molecule has 0 unspecified atom stereocenters. The third kappa shape index (κ3) is 2.79. The predicted molar refractivity (Wildman–Crippen MR) is 72.5 cm³/mol. The summed E-state index contributed by atoms with van der Waals surface area (Å²) < 4.78 is 32.3. The molecule has 1 aliphatic rings. The van der Waals surface area contributed by atoms with Crippen molar-refractivity contribution in [3.63, 3.8) is 0 Å². The van der Waals surface area contributed by atoms with E-state index in [0.717, 1.165) is 6.42 Å². The molecule has 104 valence electrons. The number of fused-ring (bicyclic) bond motifs is 1. The van der Waals surface area contributed by atoms with Gasteiger partial charge in [-0.3, -0.25) is 4.98 Å². The Morgan fingerprint density at radius 2 is 2.37 bits per heavy atom. The molecule has 2 rings (SSSR count). The van der Waals surface area contributed by atoms with Crippen LogP contribution in [0.2, 0.25) is 0 Å². The van der Waals surface area contributed by atoms with Gasteiger partial charge in [0.2, 0.25) is 10.0 Å². The maximum absolute atomic E-state index is 12.6. The molecule has 0 bridgehead atoms. The highest BCUT2D eigenvalue weighted by molar-refractivity contribution is 7.89. The van der Waals surface area contributed by atoms with Crippen LogP contribution in [0.15, 0.2) is 35.5 Å². The van der Waals surface area contributed by atoms with Gasteiger partial charge in [0.25, 0.3) is 0 Å². The first-order chi connectivity index (χ1) is 9.09. The molecule has 0 spiro atoms. The Hall–Kier alpha value is -1.40. The normalized spacial score (nSPS) is 22.7. The summed E-state index contributed by atoms with van der Waals surface area (Å²) in [6.07, 6.45) is 7.18. The van der Waals surface area contributed by atoms with Gasteiger partial charge in [-0.2, -0.15) is 4.31 Å². The smallest absolute Gasteiger partial charge is 0.248 e. The SMILES string of the molecule is C/C=C/CN1C[C@@H](CC)Oc2ccncc2S1(=O)=O. The maximum Gasteiger partial charge on any atom is 0.248 e.